The first kappa shape index (κ1) is 34.1. The van der Waals surface area contributed by atoms with Crippen molar-refractivity contribution >= 4 is 17.7 Å². The van der Waals surface area contributed by atoms with E-state index in [4.69, 9.17) is 4.74 Å². The quantitative estimate of drug-likeness (QED) is 0.378. The number of ether oxygens (including phenoxy) is 1. The van der Waals surface area contributed by atoms with Gasteiger partial charge in [0.1, 0.15) is 11.6 Å². The number of aliphatic hydroxyl groups is 1. The maximum atomic E-state index is 15.2. The Bertz CT molecular complexity index is 1580. The van der Waals surface area contributed by atoms with Crippen molar-refractivity contribution in [2.75, 3.05) is 19.7 Å². The molecule has 8 nitrogen and oxygen atoms in total. The Hall–Kier alpha value is -3.75. The van der Waals surface area contributed by atoms with Crippen LogP contribution >= 0.6 is 0 Å². The number of nitrogens with zero attached hydrogens (tertiary/aromatic N) is 3. The topological polar surface area (TPSA) is 90.4 Å². The SMILES string of the molecule is CC[C@@]12C=CCN(Cc3ccccc3)C(=O)[C@@H]1[C@H]1C(=O)N([C@@H](CO)Cc3ccccc3)C3C(=O)N(C(C)(C)CC(C)(C)C)CC=C[C@@]31O2. The van der Waals surface area contributed by atoms with Crippen molar-refractivity contribution in [3.8, 4) is 0 Å². The van der Waals surface area contributed by atoms with E-state index in [0.717, 1.165) is 17.5 Å². The summed E-state index contributed by atoms with van der Waals surface area (Å²) in [5.74, 6) is -2.46. The zero-order valence-corrected chi connectivity index (χ0v) is 29.3. The number of benzene rings is 2. The number of hydrogen-bond donors (Lipinski definition) is 1. The van der Waals surface area contributed by atoms with Crippen LogP contribution in [0.2, 0.25) is 0 Å². The predicted octanol–water partition coefficient (Wildman–Crippen LogP) is 5.16. The summed E-state index contributed by atoms with van der Waals surface area (Å²) < 4.78 is 7.21. The maximum absolute atomic E-state index is 15.2. The van der Waals surface area contributed by atoms with E-state index < -0.39 is 40.7 Å². The molecule has 48 heavy (non-hydrogen) atoms. The Labute approximate surface area is 285 Å². The Kier molecular flexibility index (Phi) is 8.96. The second kappa shape index (κ2) is 12.6. The molecule has 4 aliphatic heterocycles. The van der Waals surface area contributed by atoms with Crippen molar-refractivity contribution in [2.45, 2.75) is 96.2 Å². The monoisotopic (exact) mass is 653 g/mol. The lowest BCUT2D eigenvalue weighted by Gasteiger charge is -2.46. The molecule has 4 aliphatic rings. The fourth-order valence-electron chi connectivity index (χ4n) is 9.16. The first-order chi connectivity index (χ1) is 22.8. The van der Waals surface area contributed by atoms with Crippen LogP contribution in [-0.2, 0) is 32.1 Å². The molecular formula is C40H51N3O5. The summed E-state index contributed by atoms with van der Waals surface area (Å²) in [5, 5.41) is 10.9. The van der Waals surface area contributed by atoms with Crippen molar-refractivity contribution in [2.24, 2.45) is 17.3 Å². The Balaban J connectivity index is 1.48. The molecule has 0 aliphatic carbocycles. The summed E-state index contributed by atoms with van der Waals surface area (Å²) >= 11 is 0. The first-order valence-electron chi connectivity index (χ1n) is 17.4. The fraction of sp³-hybridized carbons (Fsp3) is 0.525. The lowest BCUT2D eigenvalue weighted by atomic mass is 9.72. The van der Waals surface area contributed by atoms with Crippen LogP contribution in [0.4, 0.5) is 0 Å². The third kappa shape index (κ3) is 5.81. The summed E-state index contributed by atoms with van der Waals surface area (Å²) in [6, 6.07) is 17.8. The summed E-state index contributed by atoms with van der Waals surface area (Å²) in [6.45, 7) is 13.4. The number of hydrogen-bond acceptors (Lipinski definition) is 5. The van der Waals surface area contributed by atoms with Gasteiger partial charge < -0.3 is 24.5 Å². The Morgan fingerprint density at radius 1 is 0.833 bits per heavy atom. The maximum Gasteiger partial charge on any atom is 0.249 e. The lowest BCUT2D eigenvalue weighted by molar-refractivity contribution is -0.160. The number of carbonyl (C=O) groups is 3. The van der Waals surface area contributed by atoms with Crippen LogP contribution in [0.5, 0.6) is 0 Å². The molecule has 0 aromatic heterocycles. The smallest absolute Gasteiger partial charge is 0.249 e. The first-order valence-corrected chi connectivity index (χ1v) is 17.4. The minimum Gasteiger partial charge on any atom is -0.394 e. The van der Waals surface area contributed by atoms with E-state index in [0.29, 0.717) is 32.5 Å². The average molecular weight is 654 g/mol. The largest absolute Gasteiger partial charge is 0.394 e. The molecule has 0 bridgehead atoms. The average Bonchev–Trinajstić information content (AvgIpc) is 3.34. The molecule has 1 N–H and O–H groups in total. The molecule has 0 saturated carbocycles. The van der Waals surface area contributed by atoms with Gasteiger partial charge in [-0.3, -0.25) is 14.4 Å². The predicted molar refractivity (Wildman–Crippen MR) is 185 cm³/mol. The highest BCUT2D eigenvalue weighted by atomic mass is 16.5. The highest BCUT2D eigenvalue weighted by molar-refractivity contribution is 6.00. The van der Waals surface area contributed by atoms with E-state index in [-0.39, 0.29) is 29.7 Å². The summed E-state index contributed by atoms with van der Waals surface area (Å²) in [6.07, 6.45) is 9.39. The van der Waals surface area contributed by atoms with Crippen LogP contribution in [-0.4, -0.2) is 86.0 Å². The third-order valence-corrected chi connectivity index (χ3v) is 10.8. The van der Waals surface area contributed by atoms with Gasteiger partial charge in [0.05, 0.1) is 30.1 Å². The number of carbonyl (C=O) groups excluding carboxylic acids is 3. The molecule has 2 aromatic carbocycles. The van der Waals surface area contributed by atoms with E-state index in [1.165, 1.54) is 0 Å². The van der Waals surface area contributed by atoms with Crippen LogP contribution in [0.1, 0.15) is 65.5 Å². The Morgan fingerprint density at radius 3 is 2.06 bits per heavy atom. The van der Waals surface area contributed by atoms with Crippen molar-refractivity contribution in [3.05, 3.63) is 96.1 Å². The van der Waals surface area contributed by atoms with Gasteiger partial charge in [-0.2, -0.15) is 0 Å². The van der Waals surface area contributed by atoms with Crippen molar-refractivity contribution in [1.29, 1.82) is 0 Å². The normalized spacial score (nSPS) is 29.4. The van der Waals surface area contributed by atoms with Gasteiger partial charge in [-0.05, 0) is 49.7 Å². The highest BCUT2D eigenvalue weighted by Crippen LogP contribution is 2.59. The van der Waals surface area contributed by atoms with Crippen LogP contribution in [0.15, 0.2) is 85.0 Å². The molecule has 256 valence electrons. The number of rotatable bonds is 9. The van der Waals surface area contributed by atoms with E-state index in [2.05, 4.69) is 34.6 Å². The standard InChI is InChI=1S/C40H51N3O5/c1-7-39-20-14-22-41(25-29-18-12-9-13-19-29)34(45)31(39)32-35(46)43(30(26-44)24-28-16-10-8-11-17-28)33-36(47)42(23-15-21-40(32,33)48-39)38(5,6)27-37(2,3)4/h8-21,30-33,44H,7,22-27H2,1-6H3/t30-,31+,32+,33?,39-,40+/m1/s1. The molecule has 6 rings (SSSR count). The van der Waals surface area contributed by atoms with Gasteiger partial charge in [-0.25, -0.2) is 0 Å². The van der Waals surface area contributed by atoms with Crippen LogP contribution < -0.4 is 0 Å². The van der Waals surface area contributed by atoms with E-state index >= 15 is 9.59 Å². The molecule has 8 heteroatoms. The van der Waals surface area contributed by atoms with Gasteiger partial charge >= 0.3 is 0 Å². The van der Waals surface area contributed by atoms with Gasteiger partial charge in [0.2, 0.25) is 17.7 Å². The van der Waals surface area contributed by atoms with Gasteiger partial charge in [0.25, 0.3) is 0 Å². The molecule has 1 unspecified atom stereocenters. The number of amides is 3. The van der Waals surface area contributed by atoms with Gasteiger partial charge in [-0.15, -0.1) is 0 Å². The zero-order valence-electron chi connectivity index (χ0n) is 29.3. The number of fused-ring (bicyclic) bond motifs is 2. The molecule has 2 saturated heterocycles. The van der Waals surface area contributed by atoms with E-state index in [9.17, 15) is 9.90 Å². The molecule has 2 fully saturated rings. The van der Waals surface area contributed by atoms with Gasteiger partial charge in [-0.1, -0.05) is 113 Å². The summed E-state index contributed by atoms with van der Waals surface area (Å²) in [5.41, 5.74) is -1.11. The van der Waals surface area contributed by atoms with Crippen molar-refractivity contribution in [3.63, 3.8) is 0 Å². The van der Waals surface area contributed by atoms with Crippen LogP contribution in [0, 0.1) is 17.3 Å². The van der Waals surface area contributed by atoms with E-state index in [1.54, 1.807) is 9.80 Å². The molecular weight excluding hydrogens is 602 g/mol. The zero-order chi connectivity index (χ0) is 34.5. The van der Waals surface area contributed by atoms with Gasteiger partial charge in [0.15, 0.2) is 0 Å². The fourth-order valence-corrected chi connectivity index (χ4v) is 9.16. The summed E-state index contributed by atoms with van der Waals surface area (Å²) in [4.78, 5) is 50.4. The summed E-state index contributed by atoms with van der Waals surface area (Å²) in [7, 11) is 0. The third-order valence-electron chi connectivity index (χ3n) is 10.8. The molecule has 4 heterocycles. The second-order valence-electron chi connectivity index (χ2n) is 15.9. The van der Waals surface area contributed by atoms with Crippen LogP contribution in [0.25, 0.3) is 0 Å². The molecule has 1 spiro atoms. The number of likely N-dealkylation sites (tertiary alicyclic amines) is 1. The molecule has 3 amide bonds. The molecule has 2 aromatic rings. The minimum absolute atomic E-state index is 0.0606. The van der Waals surface area contributed by atoms with Gasteiger partial charge in [0, 0.05) is 25.2 Å². The Morgan fingerprint density at radius 2 is 1.46 bits per heavy atom. The van der Waals surface area contributed by atoms with Crippen molar-refractivity contribution < 1.29 is 24.2 Å². The highest BCUT2D eigenvalue weighted by Gasteiger charge is 2.76. The number of aliphatic hydroxyl groups excluding tert-OH is 1. The second-order valence-corrected chi connectivity index (χ2v) is 15.9. The lowest BCUT2D eigenvalue weighted by Crippen LogP contribution is -2.62. The van der Waals surface area contributed by atoms with Crippen LogP contribution in [0.3, 0.4) is 0 Å². The molecule has 0 radical (unpaired) electrons. The minimum atomic E-state index is -1.39. The van der Waals surface area contributed by atoms with E-state index in [1.807, 2.05) is 96.8 Å². The molecule has 6 atom stereocenters. The van der Waals surface area contributed by atoms with Crippen molar-refractivity contribution in [1.82, 2.24) is 14.7 Å².